The summed E-state index contributed by atoms with van der Waals surface area (Å²) >= 11 is 2.25. The lowest BCUT2D eigenvalue weighted by atomic mass is 9.97. The number of carbonyl (C=O) groups excluding carboxylic acids is 1. The van der Waals surface area contributed by atoms with Gasteiger partial charge in [-0.1, -0.05) is 12.1 Å². The van der Waals surface area contributed by atoms with Gasteiger partial charge in [-0.3, -0.25) is 0 Å². The zero-order valence-electron chi connectivity index (χ0n) is 12.4. The molecule has 2 atom stereocenters. The highest BCUT2D eigenvalue weighted by Crippen LogP contribution is 2.48. The van der Waals surface area contributed by atoms with E-state index in [1.165, 1.54) is 3.57 Å². The normalized spacial score (nSPS) is 24.0. The monoisotopic (exact) mass is 398 g/mol. The molecule has 0 aliphatic heterocycles. The maximum atomic E-state index is 11.8. The van der Waals surface area contributed by atoms with E-state index < -0.39 is 17.1 Å². The Labute approximate surface area is 139 Å². The van der Waals surface area contributed by atoms with E-state index >= 15 is 0 Å². The Kier molecular flexibility index (Phi) is 4.47. The number of nitrogens with zero attached hydrogens (tertiary/aromatic N) is 1. The number of rotatable bonds is 3. The number of nitriles is 1. The Balaban J connectivity index is 1.95. The van der Waals surface area contributed by atoms with Crippen molar-refractivity contribution >= 4 is 28.7 Å². The van der Waals surface area contributed by atoms with Crippen molar-refractivity contribution in [1.29, 1.82) is 5.26 Å². The van der Waals surface area contributed by atoms with Crippen molar-refractivity contribution in [3.8, 4) is 6.07 Å². The maximum absolute atomic E-state index is 11.8. The summed E-state index contributed by atoms with van der Waals surface area (Å²) in [5.74, 6) is 0. The van der Waals surface area contributed by atoms with Crippen LogP contribution in [0, 0.1) is 20.3 Å². The van der Waals surface area contributed by atoms with Gasteiger partial charge >= 0.3 is 6.09 Å². The van der Waals surface area contributed by atoms with Gasteiger partial charge in [-0.05, 0) is 73.9 Å². The van der Waals surface area contributed by atoms with Crippen molar-refractivity contribution < 1.29 is 9.53 Å². The predicted molar refractivity (Wildman–Crippen MR) is 88.7 cm³/mol. The maximum Gasteiger partial charge on any atom is 0.407 e. The van der Waals surface area contributed by atoms with E-state index in [1.807, 2.05) is 45.0 Å². The molecule has 0 bridgehead atoms. The van der Waals surface area contributed by atoms with E-state index in [9.17, 15) is 10.1 Å². The van der Waals surface area contributed by atoms with Gasteiger partial charge in [0.25, 0.3) is 0 Å². The van der Waals surface area contributed by atoms with Crippen LogP contribution in [0.15, 0.2) is 24.3 Å². The number of nitrogens with one attached hydrogen (secondary N) is 1. The van der Waals surface area contributed by atoms with E-state index in [0.29, 0.717) is 12.8 Å². The summed E-state index contributed by atoms with van der Waals surface area (Å²) < 4.78 is 6.40. The summed E-state index contributed by atoms with van der Waals surface area (Å²) in [6, 6.07) is 10.4. The molecular formula is C16H19IN2O2. The molecule has 0 radical (unpaired) electrons. The number of ether oxygens (including phenoxy) is 1. The van der Waals surface area contributed by atoms with Gasteiger partial charge in [0, 0.05) is 3.57 Å². The summed E-state index contributed by atoms with van der Waals surface area (Å²) in [6.07, 6.45) is 0.877. The van der Waals surface area contributed by atoms with Gasteiger partial charge in [-0.15, -0.1) is 0 Å². The number of hydrogen-bond acceptors (Lipinski definition) is 3. The molecule has 1 amide bonds. The minimum absolute atomic E-state index is 0.128. The fourth-order valence-corrected chi connectivity index (χ4v) is 2.63. The van der Waals surface area contributed by atoms with Crippen molar-refractivity contribution in [2.24, 2.45) is 5.41 Å². The van der Waals surface area contributed by atoms with Crippen LogP contribution in [0.4, 0.5) is 4.79 Å². The third-order valence-corrected chi connectivity index (χ3v) is 4.14. The van der Waals surface area contributed by atoms with Gasteiger partial charge in [-0.25, -0.2) is 4.79 Å². The quantitative estimate of drug-likeness (QED) is 0.791. The number of alkyl carbamates (subject to hydrolysis) is 1. The first-order valence-corrected chi connectivity index (χ1v) is 7.97. The van der Waals surface area contributed by atoms with Crippen LogP contribution in [0.1, 0.15) is 32.8 Å². The summed E-state index contributed by atoms with van der Waals surface area (Å²) in [6.45, 7) is 5.47. The lowest BCUT2D eigenvalue weighted by Gasteiger charge is -2.20. The minimum Gasteiger partial charge on any atom is -0.444 e. The molecule has 1 aliphatic rings. The van der Waals surface area contributed by atoms with E-state index in [1.54, 1.807) is 0 Å². The van der Waals surface area contributed by atoms with Crippen molar-refractivity contribution in [2.75, 3.05) is 0 Å². The molecule has 1 aromatic carbocycles. The van der Waals surface area contributed by atoms with Crippen molar-refractivity contribution in [3.63, 3.8) is 0 Å². The first kappa shape index (κ1) is 16.1. The largest absolute Gasteiger partial charge is 0.444 e. The molecule has 1 saturated carbocycles. The lowest BCUT2D eigenvalue weighted by Crippen LogP contribution is -2.35. The molecule has 0 spiro atoms. The summed E-state index contributed by atoms with van der Waals surface area (Å²) in [5.41, 5.74) is 0.0964. The molecular weight excluding hydrogens is 379 g/mol. The Hall–Kier alpha value is -1.29. The van der Waals surface area contributed by atoms with Crippen LogP contribution in [0.5, 0.6) is 0 Å². The number of carbonyl (C=O) groups is 1. The predicted octanol–water partition coefficient (Wildman–Crippen LogP) is 3.64. The van der Waals surface area contributed by atoms with Crippen molar-refractivity contribution in [3.05, 3.63) is 33.4 Å². The molecule has 0 aromatic heterocycles. The molecule has 1 unspecified atom stereocenters. The molecule has 21 heavy (non-hydrogen) atoms. The van der Waals surface area contributed by atoms with Crippen LogP contribution in [0.25, 0.3) is 0 Å². The molecule has 4 nitrogen and oxygen atoms in total. The van der Waals surface area contributed by atoms with E-state index in [4.69, 9.17) is 4.74 Å². The minimum atomic E-state index is -0.523. The Bertz CT molecular complexity index is 571. The molecule has 0 heterocycles. The van der Waals surface area contributed by atoms with Crippen LogP contribution in [0.2, 0.25) is 0 Å². The van der Waals surface area contributed by atoms with Gasteiger partial charge < -0.3 is 10.1 Å². The highest BCUT2D eigenvalue weighted by molar-refractivity contribution is 14.1. The molecule has 1 aliphatic carbocycles. The average molecular weight is 398 g/mol. The number of hydrogen-bond donors (Lipinski definition) is 1. The second kappa shape index (κ2) is 5.84. The zero-order chi connectivity index (χ0) is 15.7. The van der Waals surface area contributed by atoms with E-state index in [-0.39, 0.29) is 6.04 Å². The highest BCUT2D eigenvalue weighted by atomic mass is 127. The first-order valence-electron chi connectivity index (χ1n) is 6.89. The summed E-state index contributed by atoms with van der Waals surface area (Å²) in [5, 5.41) is 12.2. The van der Waals surface area contributed by atoms with Crippen LogP contribution in [-0.4, -0.2) is 17.7 Å². The second-order valence-corrected chi connectivity index (χ2v) is 7.72. The molecule has 5 heteroatoms. The van der Waals surface area contributed by atoms with E-state index in [0.717, 1.165) is 5.56 Å². The van der Waals surface area contributed by atoms with Crippen LogP contribution < -0.4 is 5.32 Å². The molecule has 0 saturated heterocycles. The molecule has 2 rings (SSSR count). The Morgan fingerprint density at radius 2 is 2.10 bits per heavy atom. The fourth-order valence-electron chi connectivity index (χ4n) is 2.27. The zero-order valence-corrected chi connectivity index (χ0v) is 14.6. The van der Waals surface area contributed by atoms with Crippen molar-refractivity contribution in [1.82, 2.24) is 5.32 Å². The van der Waals surface area contributed by atoms with Crippen LogP contribution in [-0.2, 0) is 11.2 Å². The summed E-state index contributed by atoms with van der Waals surface area (Å²) in [4.78, 5) is 11.8. The number of halogens is 1. The molecule has 1 fully saturated rings. The van der Waals surface area contributed by atoms with Crippen molar-refractivity contribution in [2.45, 2.75) is 45.3 Å². The first-order chi connectivity index (χ1) is 9.74. The van der Waals surface area contributed by atoms with Gasteiger partial charge in [0.1, 0.15) is 5.60 Å². The smallest absolute Gasteiger partial charge is 0.407 e. The molecule has 112 valence electrons. The number of benzene rings is 1. The van der Waals surface area contributed by atoms with Gasteiger partial charge in [-0.2, -0.15) is 5.26 Å². The van der Waals surface area contributed by atoms with Crippen LogP contribution in [0.3, 0.4) is 0 Å². The third-order valence-electron chi connectivity index (χ3n) is 3.42. The Morgan fingerprint density at radius 3 is 2.62 bits per heavy atom. The SMILES string of the molecule is CC(C)(C)OC(=O)NC1C[C@]1(C#N)Cc1ccc(I)cc1. The fraction of sp³-hybridized carbons (Fsp3) is 0.500. The Morgan fingerprint density at radius 1 is 1.48 bits per heavy atom. The van der Waals surface area contributed by atoms with Gasteiger partial charge in [0.15, 0.2) is 0 Å². The second-order valence-electron chi connectivity index (χ2n) is 6.47. The van der Waals surface area contributed by atoms with Gasteiger partial charge in [0.05, 0.1) is 17.5 Å². The molecule has 1 N–H and O–H groups in total. The average Bonchev–Trinajstić information content (AvgIpc) is 3.03. The standard InChI is InChI=1S/C16H19IN2O2/c1-15(2,3)21-14(20)19-13-9-16(13,10-18)8-11-4-6-12(17)7-5-11/h4-7,13H,8-9H2,1-3H3,(H,19,20)/t13?,16-/m0/s1. The molecule has 1 aromatic rings. The van der Waals surface area contributed by atoms with E-state index in [2.05, 4.69) is 34.0 Å². The third kappa shape index (κ3) is 4.34. The topological polar surface area (TPSA) is 62.1 Å². The lowest BCUT2D eigenvalue weighted by molar-refractivity contribution is 0.0518. The highest BCUT2D eigenvalue weighted by Gasteiger charge is 2.56. The van der Waals surface area contributed by atoms with Gasteiger partial charge in [0.2, 0.25) is 0 Å². The summed E-state index contributed by atoms with van der Waals surface area (Å²) in [7, 11) is 0. The van der Waals surface area contributed by atoms with Crippen LogP contribution >= 0.6 is 22.6 Å². The number of amides is 1.